The number of nitrogens with two attached hydrogens (primary N) is 1. The zero-order valence-corrected chi connectivity index (χ0v) is 10.9. The molecule has 0 aliphatic heterocycles. The van der Waals surface area contributed by atoms with E-state index in [1.165, 1.54) is 10.9 Å². The van der Waals surface area contributed by atoms with Crippen LogP contribution in [0.25, 0.3) is 0 Å². The summed E-state index contributed by atoms with van der Waals surface area (Å²) >= 11 is 1.59. The largest absolute Gasteiger partial charge is 0.378 e. The van der Waals surface area contributed by atoms with Crippen LogP contribution in [0.3, 0.4) is 0 Å². The fourth-order valence-electron chi connectivity index (χ4n) is 1.92. The lowest BCUT2D eigenvalue weighted by molar-refractivity contribution is -0.384. The second kappa shape index (κ2) is 4.77. The van der Waals surface area contributed by atoms with Crippen molar-refractivity contribution in [1.29, 1.82) is 0 Å². The van der Waals surface area contributed by atoms with Crippen LogP contribution in [-0.4, -0.2) is 14.7 Å². The number of nitrogens with zero attached hydrogens (tertiary/aromatic N) is 3. The predicted octanol–water partition coefficient (Wildman–Crippen LogP) is 2.68. The molecule has 18 heavy (non-hydrogen) atoms. The molecule has 1 unspecified atom stereocenters. The summed E-state index contributed by atoms with van der Waals surface area (Å²) in [7, 11) is 0. The molecule has 0 aliphatic rings. The molecule has 0 fully saturated rings. The van der Waals surface area contributed by atoms with E-state index in [1.807, 2.05) is 31.4 Å². The average molecular weight is 266 g/mol. The summed E-state index contributed by atoms with van der Waals surface area (Å²) in [5, 5.41) is 16.8. The van der Waals surface area contributed by atoms with Crippen molar-refractivity contribution in [3.05, 3.63) is 38.7 Å². The molecular weight excluding hydrogens is 252 g/mol. The van der Waals surface area contributed by atoms with Crippen molar-refractivity contribution in [3.63, 3.8) is 0 Å². The molecule has 2 aromatic rings. The van der Waals surface area contributed by atoms with Crippen LogP contribution in [0.4, 0.5) is 11.5 Å². The standard InChI is InChI=1S/C11H14N4O2S/c1-7(2)10(9-4-3-5-18-9)14-11(12)8(6-13-14)15(16)17/h3-7,10H,12H2,1-2H3. The summed E-state index contributed by atoms with van der Waals surface area (Å²) in [6.07, 6.45) is 1.21. The molecule has 0 amide bonds. The molecule has 2 rings (SSSR count). The van der Waals surface area contributed by atoms with E-state index in [0.717, 1.165) is 4.88 Å². The molecule has 0 aromatic carbocycles. The van der Waals surface area contributed by atoms with E-state index in [2.05, 4.69) is 5.10 Å². The summed E-state index contributed by atoms with van der Waals surface area (Å²) in [5.41, 5.74) is 5.67. The third-order valence-corrected chi connectivity index (χ3v) is 3.68. The van der Waals surface area contributed by atoms with Gasteiger partial charge in [-0.05, 0) is 17.4 Å². The van der Waals surface area contributed by atoms with E-state index >= 15 is 0 Å². The minimum absolute atomic E-state index is 0.0706. The first-order valence-corrected chi connectivity index (χ1v) is 6.41. The average Bonchev–Trinajstić information content (AvgIpc) is 2.90. The molecule has 2 heterocycles. The number of hydrogen-bond donors (Lipinski definition) is 1. The van der Waals surface area contributed by atoms with Gasteiger partial charge in [0.05, 0.1) is 11.0 Å². The SMILES string of the molecule is CC(C)C(c1cccs1)n1ncc([N+](=O)[O-])c1N. The van der Waals surface area contributed by atoms with E-state index in [0.29, 0.717) is 0 Å². The summed E-state index contributed by atoms with van der Waals surface area (Å²) in [6, 6.07) is 3.87. The number of anilines is 1. The number of nitro groups is 1. The van der Waals surface area contributed by atoms with Gasteiger partial charge < -0.3 is 5.73 Å². The fraction of sp³-hybridized carbons (Fsp3) is 0.364. The molecule has 6 nitrogen and oxygen atoms in total. The van der Waals surface area contributed by atoms with Gasteiger partial charge in [0.2, 0.25) is 5.82 Å². The summed E-state index contributed by atoms with van der Waals surface area (Å²) in [4.78, 5) is 11.4. The van der Waals surface area contributed by atoms with Crippen LogP contribution in [0.5, 0.6) is 0 Å². The highest BCUT2D eigenvalue weighted by molar-refractivity contribution is 7.10. The molecule has 1 atom stereocenters. The van der Waals surface area contributed by atoms with Crippen molar-refractivity contribution < 1.29 is 4.92 Å². The van der Waals surface area contributed by atoms with Gasteiger partial charge in [-0.25, -0.2) is 4.68 Å². The van der Waals surface area contributed by atoms with Crippen LogP contribution >= 0.6 is 11.3 Å². The van der Waals surface area contributed by atoms with Gasteiger partial charge in [-0.2, -0.15) is 5.10 Å². The smallest absolute Gasteiger partial charge is 0.330 e. The summed E-state index contributed by atoms with van der Waals surface area (Å²) in [6.45, 7) is 4.08. The van der Waals surface area contributed by atoms with Crippen molar-refractivity contribution in [2.75, 3.05) is 5.73 Å². The lowest BCUT2D eigenvalue weighted by Crippen LogP contribution is -2.18. The van der Waals surface area contributed by atoms with Gasteiger partial charge in [-0.3, -0.25) is 10.1 Å². The second-order valence-corrected chi connectivity index (χ2v) is 5.30. The van der Waals surface area contributed by atoms with E-state index in [9.17, 15) is 10.1 Å². The summed E-state index contributed by atoms with van der Waals surface area (Å²) < 4.78 is 1.54. The Balaban J connectivity index is 2.48. The molecule has 0 saturated carbocycles. The molecule has 7 heteroatoms. The van der Waals surface area contributed by atoms with Gasteiger partial charge >= 0.3 is 5.69 Å². The molecule has 0 saturated heterocycles. The molecular formula is C11H14N4O2S. The van der Waals surface area contributed by atoms with Gasteiger partial charge in [0.15, 0.2) is 0 Å². The topological polar surface area (TPSA) is 87.0 Å². The van der Waals surface area contributed by atoms with Gasteiger partial charge in [-0.15, -0.1) is 11.3 Å². The van der Waals surface area contributed by atoms with E-state index in [4.69, 9.17) is 5.73 Å². The molecule has 0 radical (unpaired) electrons. The van der Waals surface area contributed by atoms with Crippen molar-refractivity contribution in [2.24, 2.45) is 5.92 Å². The molecule has 2 aromatic heterocycles. The first kappa shape index (κ1) is 12.6. The third-order valence-electron chi connectivity index (χ3n) is 2.74. The zero-order valence-electron chi connectivity index (χ0n) is 10.1. The van der Waals surface area contributed by atoms with Gasteiger partial charge in [0, 0.05) is 4.88 Å². The van der Waals surface area contributed by atoms with Crippen LogP contribution in [0.15, 0.2) is 23.7 Å². The Morgan fingerprint density at radius 3 is 2.72 bits per heavy atom. The van der Waals surface area contributed by atoms with Crippen molar-refractivity contribution in [3.8, 4) is 0 Å². The third kappa shape index (κ3) is 2.08. The Morgan fingerprint density at radius 2 is 2.28 bits per heavy atom. The quantitative estimate of drug-likeness (QED) is 0.680. The van der Waals surface area contributed by atoms with Crippen molar-refractivity contribution in [2.45, 2.75) is 19.9 Å². The van der Waals surface area contributed by atoms with Gasteiger partial charge in [-0.1, -0.05) is 19.9 Å². The number of thiophene rings is 1. The lowest BCUT2D eigenvalue weighted by Gasteiger charge is -2.20. The number of hydrogen-bond acceptors (Lipinski definition) is 5. The first-order chi connectivity index (χ1) is 8.52. The zero-order chi connectivity index (χ0) is 13.3. The Hall–Kier alpha value is -1.89. The first-order valence-electron chi connectivity index (χ1n) is 5.53. The van der Waals surface area contributed by atoms with Crippen LogP contribution in [0.1, 0.15) is 24.8 Å². The van der Waals surface area contributed by atoms with Crippen LogP contribution in [0, 0.1) is 16.0 Å². The Kier molecular flexibility index (Phi) is 3.33. The maximum absolute atomic E-state index is 10.8. The molecule has 96 valence electrons. The minimum Gasteiger partial charge on any atom is -0.378 e. The minimum atomic E-state index is -0.509. The maximum Gasteiger partial charge on any atom is 0.330 e. The highest BCUT2D eigenvalue weighted by Gasteiger charge is 2.26. The Morgan fingerprint density at radius 1 is 1.56 bits per heavy atom. The van der Waals surface area contributed by atoms with E-state index < -0.39 is 4.92 Å². The van der Waals surface area contributed by atoms with Crippen LogP contribution in [0.2, 0.25) is 0 Å². The number of aromatic nitrogens is 2. The maximum atomic E-state index is 10.8. The number of nitrogen functional groups attached to an aromatic ring is 1. The normalized spacial score (nSPS) is 12.8. The molecule has 0 bridgehead atoms. The van der Waals surface area contributed by atoms with Gasteiger partial charge in [0.25, 0.3) is 0 Å². The van der Waals surface area contributed by atoms with Crippen molar-refractivity contribution in [1.82, 2.24) is 9.78 Å². The summed E-state index contributed by atoms with van der Waals surface area (Å²) in [5.74, 6) is 0.345. The predicted molar refractivity (Wildman–Crippen MR) is 70.6 cm³/mol. The Bertz CT molecular complexity index is 547. The number of rotatable bonds is 4. The molecule has 0 spiro atoms. The fourth-order valence-corrected chi connectivity index (χ4v) is 2.90. The second-order valence-electron chi connectivity index (χ2n) is 4.32. The highest BCUT2D eigenvalue weighted by atomic mass is 32.1. The van der Waals surface area contributed by atoms with E-state index in [1.54, 1.807) is 11.3 Å². The molecule has 2 N–H and O–H groups in total. The monoisotopic (exact) mass is 266 g/mol. The highest BCUT2D eigenvalue weighted by Crippen LogP contribution is 2.33. The van der Waals surface area contributed by atoms with Crippen LogP contribution in [-0.2, 0) is 0 Å². The molecule has 0 aliphatic carbocycles. The van der Waals surface area contributed by atoms with Crippen molar-refractivity contribution >= 4 is 22.8 Å². The van der Waals surface area contributed by atoms with Gasteiger partial charge in [0.1, 0.15) is 6.20 Å². The Labute approximate surface area is 108 Å². The van der Waals surface area contributed by atoms with E-state index in [-0.39, 0.29) is 23.5 Å². The van der Waals surface area contributed by atoms with Crippen LogP contribution < -0.4 is 5.73 Å². The lowest BCUT2D eigenvalue weighted by atomic mass is 10.0.